The second-order valence-electron chi connectivity index (χ2n) is 5.51. The van der Waals surface area contributed by atoms with Gasteiger partial charge in [-0.1, -0.05) is 64.6 Å². The summed E-state index contributed by atoms with van der Waals surface area (Å²) in [5.74, 6) is -0.595. The minimum atomic E-state index is -4.61. The van der Waals surface area contributed by atoms with Gasteiger partial charge in [-0.2, -0.15) is 13.2 Å². The van der Waals surface area contributed by atoms with Crippen LogP contribution in [0.4, 0.5) is 18.9 Å². The van der Waals surface area contributed by atoms with E-state index in [2.05, 4.69) is 10.6 Å². The van der Waals surface area contributed by atoms with Gasteiger partial charge in [0.05, 0.1) is 5.56 Å². The normalized spacial score (nSPS) is 13.2. The molecule has 3 nitrogen and oxygen atoms in total. The number of amides is 1. The molecule has 0 aliphatic heterocycles. The summed E-state index contributed by atoms with van der Waals surface area (Å²) in [4.78, 5) is 12.4. The zero-order valence-electron chi connectivity index (χ0n) is 13.4. The molecule has 0 bridgehead atoms. The van der Waals surface area contributed by atoms with Gasteiger partial charge >= 0.3 is 6.18 Å². The molecule has 9 heteroatoms. The third-order valence-corrected chi connectivity index (χ3v) is 4.07. The predicted octanol–water partition coefficient (Wildman–Crippen LogP) is 5.55. The number of nitrogens with one attached hydrogen (secondary N) is 2. The number of alkyl halides is 6. The smallest absolute Gasteiger partial charge is 0.361 e. The van der Waals surface area contributed by atoms with Crippen LogP contribution in [0, 0.1) is 6.92 Å². The summed E-state index contributed by atoms with van der Waals surface area (Å²) in [7, 11) is 0. The highest BCUT2D eigenvalue weighted by atomic mass is 35.6. The molecule has 0 aliphatic rings. The maximum atomic E-state index is 13.1. The summed E-state index contributed by atoms with van der Waals surface area (Å²) >= 11 is 17.6. The van der Waals surface area contributed by atoms with E-state index in [9.17, 15) is 18.0 Å². The molecule has 0 aliphatic carbocycles. The van der Waals surface area contributed by atoms with Gasteiger partial charge in [0.25, 0.3) is 5.91 Å². The quantitative estimate of drug-likeness (QED) is 0.498. The Bertz CT molecular complexity index is 791. The molecular formula is C17H14Cl3F3N2O. The van der Waals surface area contributed by atoms with Crippen LogP contribution in [-0.4, -0.2) is 15.9 Å². The highest BCUT2D eigenvalue weighted by Crippen LogP contribution is 2.37. The lowest BCUT2D eigenvalue weighted by molar-refractivity contribution is -0.137. The van der Waals surface area contributed by atoms with E-state index in [1.807, 2.05) is 0 Å². The third kappa shape index (κ3) is 5.43. The zero-order valence-corrected chi connectivity index (χ0v) is 15.6. The van der Waals surface area contributed by atoms with Crippen LogP contribution in [0.15, 0.2) is 48.5 Å². The third-order valence-electron chi connectivity index (χ3n) is 3.42. The highest BCUT2D eigenvalue weighted by molar-refractivity contribution is 6.68. The van der Waals surface area contributed by atoms with Crippen molar-refractivity contribution in [2.24, 2.45) is 0 Å². The number of carbonyl (C=O) groups is 1. The molecule has 0 heterocycles. The maximum absolute atomic E-state index is 13.1. The average Bonchev–Trinajstić information content (AvgIpc) is 2.52. The average molecular weight is 426 g/mol. The number of anilines is 1. The standard InChI is InChI=1S/C17H14Cl3F3N2O/c1-10-5-4-6-11(9-10)14(26)25-15(16(18,19)20)24-13-8-3-2-7-12(13)17(21,22)23/h2-9,15,24H,1H3,(H,25,26)/t15-/m0/s1. The SMILES string of the molecule is Cc1cccc(C(=O)N[C@H](Nc2ccccc2C(F)(F)F)C(Cl)(Cl)Cl)c1. The fourth-order valence-electron chi connectivity index (χ4n) is 2.21. The van der Waals surface area contributed by atoms with E-state index in [0.717, 1.165) is 11.6 Å². The summed E-state index contributed by atoms with van der Waals surface area (Å²) < 4.78 is 37.3. The first-order valence-corrected chi connectivity index (χ1v) is 8.49. The Labute approximate surface area is 163 Å². The largest absolute Gasteiger partial charge is 0.418 e. The Morgan fingerprint density at radius 1 is 1.04 bits per heavy atom. The van der Waals surface area contributed by atoms with Crippen LogP contribution in [0.2, 0.25) is 0 Å². The molecule has 2 aromatic carbocycles. The van der Waals surface area contributed by atoms with E-state index in [1.54, 1.807) is 31.2 Å². The number of aryl methyl sites for hydroxylation is 1. The van der Waals surface area contributed by atoms with Crippen molar-refractivity contribution in [1.29, 1.82) is 0 Å². The molecule has 0 unspecified atom stereocenters. The van der Waals surface area contributed by atoms with Gasteiger partial charge in [-0.15, -0.1) is 0 Å². The number of para-hydroxylation sites is 1. The van der Waals surface area contributed by atoms with E-state index in [4.69, 9.17) is 34.8 Å². The second-order valence-corrected chi connectivity index (χ2v) is 7.87. The molecule has 1 amide bonds. The molecule has 2 aromatic rings. The minimum Gasteiger partial charge on any atom is -0.361 e. The van der Waals surface area contributed by atoms with Crippen LogP contribution in [0.3, 0.4) is 0 Å². The lowest BCUT2D eigenvalue weighted by atomic mass is 10.1. The molecule has 0 spiro atoms. The van der Waals surface area contributed by atoms with Crippen molar-refractivity contribution in [3.8, 4) is 0 Å². The Balaban J connectivity index is 2.29. The van der Waals surface area contributed by atoms with E-state index < -0.39 is 27.6 Å². The molecule has 0 radical (unpaired) electrons. The summed E-state index contributed by atoms with van der Waals surface area (Å²) in [6.07, 6.45) is -6.01. The molecule has 2 N–H and O–H groups in total. The molecule has 0 fully saturated rings. The van der Waals surface area contributed by atoms with Gasteiger partial charge in [0.15, 0.2) is 0 Å². The Hall–Kier alpha value is -1.63. The molecule has 2 rings (SSSR count). The fraction of sp³-hybridized carbons (Fsp3) is 0.235. The summed E-state index contributed by atoms with van der Waals surface area (Å²) in [6, 6.07) is 11.3. The van der Waals surface area contributed by atoms with E-state index in [0.29, 0.717) is 0 Å². The maximum Gasteiger partial charge on any atom is 0.418 e. The second kappa shape index (κ2) is 7.94. The first-order chi connectivity index (χ1) is 12.0. The highest BCUT2D eigenvalue weighted by Gasteiger charge is 2.38. The van der Waals surface area contributed by atoms with Crippen molar-refractivity contribution in [3.05, 3.63) is 65.2 Å². The van der Waals surface area contributed by atoms with Gasteiger partial charge in [0.2, 0.25) is 3.79 Å². The monoisotopic (exact) mass is 424 g/mol. The predicted molar refractivity (Wildman–Crippen MR) is 97.8 cm³/mol. The Morgan fingerprint density at radius 2 is 1.69 bits per heavy atom. The molecular weight excluding hydrogens is 412 g/mol. The van der Waals surface area contributed by atoms with Crippen LogP contribution in [0.25, 0.3) is 0 Å². The number of hydrogen-bond acceptors (Lipinski definition) is 2. The van der Waals surface area contributed by atoms with Gasteiger partial charge < -0.3 is 10.6 Å². The Kier molecular flexibility index (Phi) is 6.32. The number of hydrogen-bond donors (Lipinski definition) is 2. The van der Waals surface area contributed by atoms with Gasteiger partial charge in [-0.05, 0) is 31.2 Å². The van der Waals surface area contributed by atoms with Crippen molar-refractivity contribution in [2.75, 3.05) is 5.32 Å². The topological polar surface area (TPSA) is 41.1 Å². The number of benzene rings is 2. The van der Waals surface area contributed by atoms with Crippen LogP contribution < -0.4 is 10.6 Å². The zero-order chi connectivity index (χ0) is 19.5. The minimum absolute atomic E-state index is 0.287. The lowest BCUT2D eigenvalue weighted by Crippen LogP contribution is -2.49. The van der Waals surface area contributed by atoms with Crippen LogP contribution >= 0.6 is 34.8 Å². The Morgan fingerprint density at radius 3 is 2.27 bits per heavy atom. The van der Waals surface area contributed by atoms with Crippen molar-refractivity contribution in [2.45, 2.75) is 23.1 Å². The molecule has 0 saturated carbocycles. The first-order valence-electron chi connectivity index (χ1n) is 7.35. The molecule has 26 heavy (non-hydrogen) atoms. The molecule has 1 atom stereocenters. The van der Waals surface area contributed by atoms with Gasteiger partial charge in [0.1, 0.15) is 6.17 Å². The van der Waals surface area contributed by atoms with Crippen molar-refractivity contribution < 1.29 is 18.0 Å². The van der Waals surface area contributed by atoms with Crippen molar-refractivity contribution in [3.63, 3.8) is 0 Å². The molecule has 140 valence electrons. The molecule has 0 saturated heterocycles. The van der Waals surface area contributed by atoms with Crippen LogP contribution in [0.1, 0.15) is 21.5 Å². The van der Waals surface area contributed by atoms with Gasteiger partial charge in [-0.3, -0.25) is 4.79 Å². The van der Waals surface area contributed by atoms with E-state index in [-0.39, 0.29) is 11.3 Å². The first kappa shape index (κ1) is 20.7. The number of halogens is 6. The van der Waals surface area contributed by atoms with Crippen LogP contribution in [0.5, 0.6) is 0 Å². The lowest BCUT2D eigenvalue weighted by Gasteiger charge is -2.28. The van der Waals surface area contributed by atoms with E-state index in [1.165, 1.54) is 18.2 Å². The van der Waals surface area contributed by atoms with Crippen LogP contribution in [-0.2, 0) is 6.18 Å². The number of rotatable bonds is 4. The van der Waals surface area contributed by atoms with Crippen molar-refractivity contribution in [1.82, 2.24) is 5.32 Å². The van der Waals surface area contributed by atoms with E-state index >= 15 is 0 Å². The van der Waals surface area contributed by atoms with Gasteiger partial charge in [-0.25, -0.2) is 0 Å². The summed E-state index contributed by atoms with van der Waals surface area (Å²) in [6.45, 7) is 1.79. The summed E-state index contributed by atoms with van der Waals surface area (Å²) in [5, 5.41) is 4.88. The van der Waals surface area contributed by atoms with Gasteiger partial charge in [0, 0.05) is 11.3 Å². The molecule has 0 aromatic heterocycles. The summed E-state index contributed by atoms with van der Waals surface area (Å²) in [5.41, 5.74) is -0.140. The number of carbonyl (C=O) groups excluding carboxylic acids is 1. The fourth-order valence-corrected chi connectivity index (χ4v) is 2.54. The van der Waals surface area contributed by atoms with Crippen molar-refractivity contribution >= 4 is 46.4 Å².